The minimum atomic E-state index is 0.0740. The van der Waals surface area contributed by atoms with Crippen LogP contribution in [0.25, 0.3) is 0 Å². The van der Waals surface area contributed by atoms with E-state index in [1.165, 1.54) is 16.9 Å². The van der Waals surface area contributed by atoms with Crippen molar-refractivity contribution in [3.63, 3.8) is 0 Å². The number of aromatic nitrogens is 1. The number of ether oxygens (including phenoxy) is 1. The number of hydrogen-bond acceptors (Lipinski definition) is 5. The van der Waals surface area contributed by atoms with Crippen LogP contribution < -0.4 is 4.74 Å². The van der Waals surface area contributed by atoms with Crippen LogP contribution in [0.15, 0.2) is 47.2 Å². The van der Waals surface area contributed by atoms with Gasteiger partial charge in [-0.15, -0.1) is 22.7 Å². The van der Waals surface area contributed by atoms with Crippen LogP contribution in [0.3, 0.4) is 0 Å². The van der Waals surface area contributed by atoms with Crippen LogP contribution in [0.2, 0.25) is 0 Å². The molecule has 1 aromatic carbocycles. The molecule has 27 heavy (non-hydrogen) atoms. The Bertz CT molecular complexity index is 874. The van der Waals surface area contributed by atoms with Crippen molar-refractivity contribution in [2.24, 2.45) is 0 Å². The van der Waals surface area contributed by atoms with E-state index < -0.39 is 0 Å². The molecule has 0 saturated heterocycles. The number of rotatable bonds is 8. The smallest absolute Gasteiger partial charge is 0.264 e. The summed E-state index contributed by atoms with van der Waals surface area (Å²) in [5.41, 5.74) is 2.08. The van der Waals surface area contributed by atoms with Gasteiger partial charge in [-0.05, 0) is 49.4 Å². The highest BCUT2D eigenvalue weighted by Crippen LogP contribution is 2.21. The predicted octanol–water partition coefficient (Wildman–Crippen LogP) is 5.53. The summed E-state index contributed by atoms with van der Waals surface area (Å²) in [6.07, 6.45) is 0.907. The first-order chi connectivity index (χ1) is 13.1. The molecule has 142 valence electrons. The molecule has 0 aliphatic rings. The highest BCUT2D eigenvalue weighted by molar-refractivity contribution is 7.12. The Balaban J connectivity index is 1.66. The van der Waals surface area contributed by atoms with E-state index in [1.807, 2.05) is 59.0 Å². The number of benzene rings is 1. The summed E-state index contributed by atoms with van der Waals surface area (Å²) in [6, 6.07) is 11.9. The second-order valence-electron chi connectivity index (χ2n) is 6.51. The maximum absolute atomic E-state index is 12.8. The van der Waals surface area contributed by atoms with Crippen molar-refractivity contribution in [3.8, 4) is 5.75 Å². The largest absolute Gasteiger partial charge is 0.486 e. The van der Waals surface area contributed by atoms with Gasteiger partial charge in [-0.25, -0.2) is 4.98 Å². The maximum Gasteiger partial charge on any atom is 0.264 e. The maximum atomic E-state index is 12.8. The lowest BCUT2D eigenvalue weighted by Gasteiger charge is -2.27. The Morgan fingerprint density at radius 2 is 2.11 bits per heavy atom. The van der Waals surface area contributed by atoms with E-state index in [0.29, 0.717) is 13.2 Å². The zero-order valence-corrected chi connectivity index (χ0v) is 17.5. The fourth-order valence-corrected chi connectivity index (χ4v) is 4.08. The van der Waals surface area contributed by atoms with Crippen LogP contribution in [0.5, 0.6) is 5.75 Å². The van der Waals surface area contributed by atoms with Gasteiger partial charge in [0.25, 0.3) is 5.91 Å². The van der Waals surface area contributed by atoms with Gasteiger partial charge in [0.05, 0.1) is 17.1 Å². The molecule has 0 fully saturated rings. The third-order valence-electron chi connectivity index (χ3n) is 4.40. The number of hydrogen-bond donors (Lipinski definition) is 0. The average molecular weight is 401 g/mol. The molecule has 0 unspecified atom stereocenters. The molecule has 0 bridgehead atoms. The number of carbonyl (C=O) groups excluding carboxylic acids is 1. The molecule has 3 rings (SSSR count). The van der Waals surface area contributed by atoms with E-state index in [9.17, 15) is 4.79 Å². The lowest BCUT2D eigenvalue weighted by Crippen LogP contribution is -2.37. The van der Waals surface area contributed by atoms with Gasteiger partial charge in [-0.1, -0.05) is 25.1 Å². The monoisotopic (exact) mass is 400 g/mol. The molecule has 0 spiro atoms. The van der Waals surface area contributed by atoms with E-state index in [-0.39, 0.29) is 11.9 Å². The molecule has 0 radical (unpaired) electrons. The van der Waals surface area contributed by atoms with Crippen LogP contribution in [0, 0.1) is 6.92 Å². The number of carbonyl (C=O) groups is 1. The third-order valence-corrected chi connectivity index (χ3v) is 6.13. The summed E-state index contributed by atoms with van der Waals surface area (Å²) in [7, 11) is 0. The molecule has 2 aromatic heterocycles. The van der Waals surface area contributed by atoms with E-state index >= 15 is 0 Å². The van der Waals surface area contributed by atoms with Gasteiger partial charge < -0.3 is 9.64 Å². The van der Waals surface area contributed by atoms with Crippen molar-refractivity contribution < 1.29 is 9.53 Å². The summed E-state index contributed by atoms with van der Waals surface area (Å²) in [6.45, 7) is 7.19. The summed E-state index contributed by atoms with van der Waals surface area (Å²) >= 11 is 3.05. The number of thiazole rings is 1. The average Bonchev–Trinajstić information content (AvgIpc) is 3.35. The molecule has 2 heterocycles. The van der Waals surface area contributed by atoms with Gasteiger partial charge >= 0.3 is 0 Å². The van der Waals surface area contributed by atoms with Gasteiger partial charge in [-0.2, -0.15) is 0 Å². The zero-order chi connectivity index (χ0) is 19.2. The molecule has 4 nitrogen and oxygen atoms in total. The van der Waals surface area contributed by atoms with E-state index in [2.05, 4.69) is 18.8 Å². The van der Waals surface area contributed by atoms with Gasteiger partial charge in [0.1, 0.15) is 17.4 Å². The van der Waals surface area contributed by atoms with Gasteiger partial charge in [-0.3, -0.25) is 4.79 Å². The summed E-state index contributed by atoms with van der Waals surface area (Å²) in [4.78, 5) is 20.2. The van der Waals surface area contributed by atoms with Crippen molar-refractivity contribution in [1.82, 2.24) is 9.88 Å². The van der Waals surface area contributed by atoms with Crippen LogP contribution in [-0.4, -0.2) is 21.8 Å². The van der Waals surface area contributed by atoms with Crippen LogP contribution in [0.4, 0.5) is 0 Å². The predicted molar refractivity (Wildman–Crippen MR) is 112 cm³/mol. The fourth-order valence-electron chi connectivity index (χ4n) is 2.70. The standard InChI is InChI=1S/C21H24N2O2S2/c1-4-16(3)23(21(24)19-9-6-10-26-19)12-17-14-27-20(22-17)13-25-18-8-5-7-15(2)11-18/h5-11,14,16H,4,12-13H2,1-3H3/t16-/m0/s1. The highest BCUT2D eigenvalue weighted by atomic mass is 32.1. The number of thiophene rings is 1. The first-order valence-corrected chi connectivity index (χ1v) is 10.8. The topological polar surface area (TPSA) is 42.4 Å². The molecule has 1 amide bonds. The Labute approximate surface area is 168 Å². The van der Waals surface area contributed by atoms with Gasteiger partial charge in [0, 0.05) is 11.4 Å². The Morgan fingerprint density at radius 1 is 1.26 bits per heavy atom. The quantitative estimate of drug-likeness (QED) is 0.499. The second-order valence-corrected chi connectivity index (χ2v) is 8.40. The Kier molecular flexibility index (Phi) is 6.63. The molecular weight excluding hydrogens is 376 g/mol. The minimum Gasteiger partial charge on any atom is -0.486 e. The molecule has 0 aliphatic carbocycles. The molecule has 0 N–H and O–H groups in total. The molecule has 0 saturated carbocycles. The van der Waals surface area contributed by atoms with Crippen LogP contribution in [0.1, 0.15) is 46.2 Å². The van der Waals surface area contributed by atoms with Gasteiger partial charge in [0.15, 0.2) is 0 Å². The van der Waals surface area contributed by atoms with E-state index in [1.54, 1.807) is 11.3 Å². The van der Waals surface area contributed by atoms with E-state index in [0.717, 1.165) is 27.7 Å². The van der Waals surface area contributed by atoms with E-state index in [4.69, 9.17) is 4.74 Å². The first kappa shape index (κ1) is 19.6. The summed E-state index contributed by atoms with van der Waals surface area (Å²) in [5, 5.41) is 4.87. The van der Waals surface area contributed by atoms with Gasteiger partial charge in [0.2, 0.25) is 0 Å². The van der Waals surface area contributed by atoms with Crippen LogP contribution in [-0.2, 0) is 13.2 Å². The molecule has 0 aliphatic heterocycles. The lowest BCUT2D eigenvalue weighted by atomic mass is 10.2. The highest BCUT2D eigenvalue weighted by Gasteiger charge is 2.22. The van der Waals surface area contributed by atoms with Crippen molar-refractivity contribution in [2.75, 3.05) is 0 Å². The summed E-state index contributed by atoms with van der Waals surface area (Å²) < 4.78 is 5.84. The summed E-state index contributed by atoms with van der Waals surface area (Å²) in [5.74, 6) is 0.922. The number of aryl methyl sites for hydroxylation is 1. The fraction of sp³-hybridized carbons (Fsp3) is 0.333. The number of amides is 1. The Morgan fingerprint density at radius 3 is 2.81 bits per heavy atom. The molecule has 3 aromatic rings. The van der Waals surface area contributed by atoms with Crippen molar-refractivity contribution >= 4 is 28.6 Å². The first-order valence-electron chi connectivity index (χ1n) is 9.04. The normalized spacial score (nSPS) is 12.0. The van der Waals surface area contributed by atoms with Crippen molar-refractivity contribution in [3.05, 3.63) is 68.3 Å². The molecule has 6 heteroatoms. The third kappa shape index (κ3) is 5.17. The number of nitrogens with zero attached hydrogens (tertiary/aromatic N) is 2. The SMILES string of the molecule is CC[C@H](C)N(Cc1csc(COc2cccc(C)c2)n1)C(=O)c1cccs1. The van der Waals surface area contributed by atoms with Crippen molar-refractivity contribution in [2.45, 2.75) is 46.4 Å². The zero-order valence-electron chi connectivity index (χ0n) is 15.8. The molecular formula is C21H24N2O2S2. The Hall–Kier alpha value is -2.18. The minimum absolute atomic E-state index is 0.0740. The lowest BCUT2D eigenvalue weighted by molar-refractivity contribution is 0.0674. The van der Waals surface area contributed by atoms with Crippen LogP contribution >= 0.6 is 22.7 Å². The molecule has 1 atom stereocenters. The second kappa shape index (κ2) is 9.15. The van der Waals surface area contributed by atoms with Crippen molar-refractivity contribution in [1.29, 1.82) is 0 Å².